The van der Waals surface area contributed by atoms with Crippen molar-refractivity contribution in [1.29, 1.82) is 0 Å². The largest absolute Gasteiger partial charge is 0.463 e. The lowest BCUT2D eigenvalue weighted by Crippen LogP contribution is -2.07. The molecule has 0 heterocycles. The molecule has 0 aromatic heterocycles. The van der Waals surface area contributed by atoms with E-state index in [1.54, 1.807) is 12.1 Å². The fraction of sp³-hybridized carbons (Fsp3) is 0.263. The summed E-state index contributed by atoms with van der Waals surface area (Å²) in [6, 6.07) is 13.2. The molecule has 0 aliphatic heterocycles. The second-order valence-corrected chi connectivity index (χ2v) is 5.14. The van der Waals surface area contributed by atoms with Gasteiger partial charge in [0.25, 0.3) is 0 Å². The summed E-state index contributed by atoms with van der Waals surface area (Å²) >= 11 is 0. The maximum atomic E-state index is 11.7. The summed E-state index contributed by atoms with van der Waals surface area (Å²) in [4.78, 5) is 23.1. The Hall–Kier alpha value is -2.62. The Kier molecular flexibility index (Phi) is 6.36. The Balaban J connectivity index is 1.85. The SMILES string of the molecule is CCCCCOC(=O)/C=C/C(=O)Oc1ccc2ccccc2c1. The van der Waals surface area contributed by atoms with E-state index in [0.29, 0.717) is 12.4 Å². The predicted octanol–water partition coefficient (Wildman–Crippen LogP) is 4.03. The fourth-order valence-electron chi connectivity index (χ4n) is 2.09. The lowest BCUT2D eigenvalue weighted by Gasteiger charge is -2.03. The number of unbranched alkanes of at least 4 members (excludes halogenated alkanes) is 2. The van der Waals surface area contributed by atoms with Crippen molar-refractivity contribution >= 4 is 22.7 Å². The van der Waals surface area contributed by atoms with Crippen LogP contribution in [0.15, 0.2) is 54.6 Å². The predicted molar refractivity (Wildman–Crippen MR) is 89.2 cm³/mol. The Labute approximate surface area is 135 Å². The number of hydrogen-bond acceptors (Lipinski definition) is 4. The maximum Gasteiger partial charge on any atom is 0.336 e. The van der Waals surface area contributed by atoms with Gasteiger partial charge in [0.2, 0.25) is 0 Å². The van der Waals surface area contributed by atoms with Gasteiger partial charge in [-0.2, -0.15) is 0 Å². The summed E-state index contributed by atoms with van der Waals surface area (Å²) in [7, 11) is 0. The molecule has 4 nitrogen and oxygen atoms in total. The molecule has 0 saturated carbocycles. The molecule has 0 fully saturated rings. The van der Waals surface area contributed by atoms with Gasteiger partial charge in [0.15, 0.2) is 0 Å². The number of fused-ring (bicyclic) bond motifs is 1. The number of rotatable bonds is 7. The molecule has 0 aliphatic carbocycles. The van der Waals surface area contributed by atoms with Crippen molar-refractivity contribution in [2.24, 2.45) is 0 Å². The van der Waals surface area contributed by atoms with Gasteiger partial charge in [0, 0.05) is 12.2 Å². The molecule has 0 saturated heterocycles. The topological polar surface area (TPSA) is 52.6 Å². The smallest absolute Gasteiger partial charge is 0.336 e. The van der Waals surface area contributed by atoms with Crippen LogP contribution in [0.25, 0.3) is 10.8 Å². The monoisotopic (exact) mass is 312 g/mol. The van der Waals surface area contributed by atoms with E-state index in [0.717, 1.165) is 42.2 Å². The van der Waals surface area contributed by atoms with Gasteiger partial charge in [-0.25, -0.2) is 9.59 Å². The van der Waals surface area contributed by atoms with Crippen molar-refractivity contribution in [3.63, 3.8) is 0 Å². The molecule has 0 radical (unpaired) electrons. The molecule has 0 aliphatic rings. The molecule has 0 atom stereocenters. The normalized spacial score (nSPS) is 10.8. The number of esters is 2. The van der Waals surface area contributed by atoms with Crippen LogP contribution in [-0.4, -0.2) is 18.5 Å². The van der Waals surface area contributed by atoms with Crippen LogP contribution in [0, 0.1) is 0 Å². The van der Waals surface area contributed by atoms with E-state index in [4.69, 9.17) is 9.47 Å². The average molecular weight is 312 g/mol. The third kappa shape index (κ3) is 5.58. The molecule has 2 aromatic carbocycles. The Morgan fingerprint density at radius 3 is 2.48 bits per heavy atom. The third-order valence-corrected chi connectivity index (χ3v) is 3.29. The van der Waals surface area contributed by atoms with Gasteiger partial charge < -0.3 is 9.47 Å². The van der Waals surface area contributed by atoms with Crippen molar-refractivity contribution in [3.05, 3.63) is 54.6 Å². The van der Waals surface area contributed by atoms with E-state index >= 15 is 0 Å². The highest BCUT2D eigenvalue weighted by Gasteiger charge is 2.04. The minimum atomic E-state index is -0.606. The summed E-state index contributed by atoms with van der Waals surface area (Å²) in [5.74, 6) is -0.697. The van der Waals surface area contributed by atoms with Gasteiger partial charge in [-0.15, -0.1) is 0 Å². The zero-order valence-corrected chi connectivity index (χ0v) is 13.2. The van der Waals surface area contributed by atoms with E-state index in [-0.39, 0.29) is 0 Å². The van der Waals surface area contributed by atoms with Gasteiger partial charge >= 0.3 is 11.9 Å². The van der Waals surface area contributed by atoms with E-state index in [1.165, 1.54) is 0 Å². The Bertz CT molecular complexity index is 703. The molecule has 0 bridgehead atoms. The third-order valence-electron chi connectivity index (χ3n) is 3.29. The molecule has 2 aromatic rings. The van der Waals surface area contributed by atoms with Crippen molar-refractivity contribution < 1.29 is 19.1 Å². The zero-order valence-electron chi connectivity index (χ0n) is 13.2. The van der Waals surface area contributed by atoms with Gasteiger partial charge in [-0.05, 0) is 29.3 Å². The summed E-state index contributed by atoms with van der Waals surface area (Å²) in [5.41, 5.74) is 0. The number of carbonyl (C=O) groups is 2. The highest BCUT2D eigenvalue weighted by Crippen LogP contribution is 2.20. The standard InChI is InChI=1S/C19H20O4/c1-2-3-6-13-22-18(20)11-12-19(21)23-17-10-9-15-7-4-5-8-16(15)14-17/h4-5,7-12,14H,2-3,6,13H2,1H3/b12-11+. The van der Waals surface area contributed by atoms with Crippen LogP contribution in [-0.2, 0) is 14.3 Å². The number of carbonyl (C=O) groups excluding carboxylic acids is 2. The first-order valence-corrected chi connectivity index (χ1v) is 7.74. The zero-order chi connectivity index (χ0) is 16.5. The lowest BCUT2D eigenvalue weighted by atomic mass is 10.1. The Morgan fingerprint density at radius 2 is 1.70 bits per heavy atom. The van der Waals surface area contributed by atoms with Crippen LogP contribution in [0.4, 0.5) is 0 Å². The number of benzene rings is 2. The van der Waals surface area contributed by atoms with Crippen LogP contribution in [0.5, 0.6) is 5.75 Å². The van der Waals surface area contributed by atoms with E-state index in [2.05, 4.69) is 6.92 Å². The average Bonchev–Trinajstić information content (AvgIpc) is 2.57. The van der Waals surface area contributed by atoms with Crippen LogP contribution in [0.2, 0.25) is 0 Å². The van der Waals surface area contributed by atoms with Crippen LogP contribution in [0.3, 0.4) is 0 Å². The highest BCUT2D eigenvalue weighted by molar-refractivity contribution is 5.93. The summed E-state index contributed by atoms with van der Waals surface area (Å²) < 4.78 is 10.2. The molecule has 120 valence electrons. The molecule has 4 heteroatoms. The summed E-state index contributed by atoms with van der Waals surface area (Å²) in [5, 5.41) is 2.05. The van der Waals surface area contributed by atoms with Crippen LogP contribution in [0.1, 0.15) is 26.2 Å². The molecular formula is C19H20O4. The quantitative estimate of drug-likeness (QED) is 0.335. The molecule has 0 unspecified atom stereocenters. The van der Waals surface area contributed by atoms with Gasteiger partial charge in [0.1, 0.15) is 5.75 Å². The first kappa shape index (κ1) is 16.7. The first-order chi connectivity index (χ1) is 11.2. The van der Waals surface area contributed by atoms with Gasteiger partial charge in [-0.3, -0.25) is 0 Å². The second-order valence-electron chi connectivity index (χ2n) is 5.14. The van der Waals surface area contributed by atoms with Crippen molar-refractivity contribution in [2.45, 2.75) is 26.2 Å². The molecular weight excluding hydrogens is 292 g/mol. The summed E-state index contributed by atoms with van der Waals surface area (Å²) in [6.45, 7) is 2.45. The number of hydrogen-bond donors (Lipinski definition) is 0. The van der Waals surface area contributed by atoms with Crippen molar-refractivity contribution in [1.82, 2.24) is 0 Å². The maximum absolute atomic E-state index is 11.7. The minimum absolute atomic E-state index is 0.372. The first-order valence-electron chi connectivity index (χ1n) is 7.74. The van der Waals surface area contributed by atoms with Crippen molar-refractivity contribution in [3.8, 4) is 5.75 Å². The number of ether oxygens (including phenoxy) is 2. The van der Waals surface area contributed by atoms with Crippen LogP contribution >= 0.6 is 0 Å². The summed E-state index contributed by atoms with van der Waals surface area (Å²) in [6.07, 6.45) is 5.08. The van der Waals surface area contributed by atoms with Gasteiger partial charge in [-0.1, -0.05) is 50.1 Å². The molecule has 0 amide bonds. The molecule has 23 heavy (non-hydrogen) atoms. The van der Waals surface area contributed by atoms with Crippen LogP contribution < -0.4 is 4.74 Å². The Morgan fingerprint density at radius 1 is 0.957 bits per heavy atom. The van der Waals surface area contributed by atoms with E-state index in [9.17, 15) is 9.59 Å². The minimum Gasteiger partial charge on any atom is -0.463 e. The molecule has 0 spiro atoms. The van der Waals surface area contributed by atoms with Gasteiger partial charge in [0.05, 0.1) is 6.61 Å². The fourth-order valence-corrected chi connectivity index (χ4v) is 2.09. The molecule has 0 N–H and O–H groups in total. The second kappa shape index (κ2) is 8.73. The van der Waals surface area contributed by atoms with E-state index in [1.807, 2.05) is 30.3 Å². The van der Waals surface area contributed by atoms with Crippen molar-refractivity contribution in [2.75, 3.05) is 6.61 Å². The highest BCUT2D eigenvalue weighted by atomic mass is 16.5. The molecule has 2 rings (SSSR count). The lowest BCUT2D eigenvalue weighted by molar-refractivity contribution is -0.138. The van der Waals surface area contributed by atoms with E-state index < -0.39 is 11.9 Å².